The third-order valence-electron chi connectivity index (χ3n) is 3.27. The lowest BCUT2D eigenvalue weighted by atomic mass is 9.93. The van der Waals surface area contributed by atoms with Crippen LogP contribution < -0.4 is 0 Å². The van der Waals surface area contributed by atoms with Gasteiger partial charge >= 0.3 is 5.97 Å². The number of aliphatic carboxylic acids is 1. The second-order valence-corrected chi connectivity index (χ2v) is 5.78. The zero-order chi connectivity index (χ0) is 13.9. The highest BCUT2D eigenvalue weighted by molar-refractivity contribution is 5.73. The van der Waals surface area contributed by atoms with Gasteiger partial charge in [-0.1, -0.05) is 18.2 Å². The van der Waals surface area contributed by atoms with Crippen molar-refractivity contribution in [1.82, 2.24) is 4.90 Å². The molecule has 0 aliphatic heterocycles. The van der Waals surface area contributed by atoms with Gasteiger partial charge in [0, 0.05) is 13.1 Å². The third kappa shape index (κ3) is 3.84. The molecule has 0 aromatic heterocycles. The number of benzene rings is 1. The summed E-state index contributed by atoms with van der Waals surface area (Å²) in [5.41, 5.74) is 3.07. The zero-order valence-corrected chi connectivity index (χ0v) is 11.9. The Balaban J connectivity index is 2.67. The molecule has 0 saturated heterocycles. The Bertz CT molecular complexity index is 438. The fraction of sp³-hybridized carbons (Fsp3) is 0.533. The van der Waals surface area contributed by atoms with Crippen LogP contribution in [0.5, 0.6) is 0 Å². The highest BCUT2D eigenvalue weighted by atomic mass is 16.4. The van der Waals surface area contributed by atoms with Crippen molar-refractivity contribution in [2.24, 2.45) is 5.41 Å². The van der Waals surface area contributed by atoms with Crippen LogP contribution in [-0.4, -0.2) is 29.6 Å². The molecule has 18 heavy (non-hydrogen) atoms. The van der Waals surface area contributed by atoms with E-state index in [-0.39, 0.29) is 0 Å². The SMILES string of the molecule is Cc1ccc(CN(C)CC(C)(C)C(=O)O)cc1C. The minimum atomic E-state index is -0.755. The first kappa shape index (κ1) is 14.7. The molecular weight excluding hydrogens is 226 g/mol. The van der Waals surface area contributed by atoms with Crippen LogP contribution in [0.4, 0.5) is 0 Å². The van der Waals surface area contributed by atoms with Gasteiger partial charge in [-0.2, -0.15) is 0 Å². The summed E-state index contributed by atoms with van der Waals surface area (Å²) in [5, 5.41) is 9.11. The summed E-state index contributed by atoms with van der Waals surface area (Å²) in [7, 11) is 1.96. The lowest BCUT2D eigenvalue weighted by molar-refractivity contribution is -0.147. The molecule has 1 rings (SSSR count). The Morgan fingerprint density at radius 2 is 1.89 bits per heavy atom. The first-order valence-corrected chi connectivity index (χ1v) is 6.20. The van der Waals surface area contributed by atoms with Crippen LogP contribution in [0.25, 0.3) is 0 Å². The summed E-state index contributed by atoms with van der Waals surface area (Å²) in [4.78, 5) is 13.1. The van der Waals surface area contributed by atoms with E-state index < -0.39 is 11.4 Å². The maximum Gasteiger partial charge on any atom is 0.310 e. The van der Waals surface area contributed by atoms with Gasteiger partial charge in [-0.3, -0.25) is 4.79 Å². The first-order valence-electron chi connectivity index (χ1n) is 6.20. The van der Waals surface area contributed by atoms with Crippen molar-refractivity contribution in [3.05, 3.63) is 34.9 Å². The Morgan fingerprint density at radius 3 is 2.39 bits per heavy atom. The van der Waals surface area contributed by atoms with Gasteiger partial charge < -0.3 is 10.0 Å². The maximum atomic E-state index is 11.1. The van der Waals surface area contributed by atoms with Crippen LogP contribution in [0.2, 0.25) is 0 Å². The standard InChI is InChI=1S/C15H23NO2/c1-11-6-7-13(8-12(11)2)9-16(5)10-15(3,4)14(17)18/h6-8H,9-10H2,1-5H3,(H,17,18). The quantitative estimate of drug-likeness (QED) is 0.872. The minimum absolute atomic E-state index is 0.537. The van der Waals surface area contributed by atoms with Crippen molar-refractivity contribution >= 4 is 5.97 Å². The van der Waals surface area contributed by atoms with Crippen molar-refractivity contribution < 1.29 is 9.90 Å². The summed E-state index contributed by atoms with van der Waals surface area (Å²) in [5.74, 6) is -0.755. The van der Waals surface area contributed by atoms with E-state index in [1.165, 1.54) is 16.7 Å². The zero-order valence-electron chi connectivity index (χ0n) is 11.9. The highest BCUT2D eigenvalue weighted by Crippen LogP contribution is 2.18. The topological polar surface area (TPSA) is 40.5 Å². The normalized spacial score (nSPS) is 11.9. The van der Waals surface area contributed by atoms with E-state index in [9.17, 15) is 4.79 Å². The fourth-order valence-corrected chi connectivity index (χ4v) is 2.01. The molecule has 0 aliphatic rings. The van der Waals surface area contributed by atoms with E-state index in [1.807, 2.05) is 7.05 Å². The summed E-state index contributed by atoms with van der Waals surface area (Å²) in [6.07, 6.45) is 0. The van der Waals surface area contributed by atoms with Crippen LogP contribution >= 0.6 is 0 Å². The van der Waals surface area contributed by atoms with Crippen LogP contribution in [0, 0.1) is 19.3 Å². The Morgan fingerprint density at radius 1 is 1.28 bits per heavy atom. The smallest absolute Gasteiger partial charge is 0.310 e. The number of carboxylic acids is 1. The Labute approximate surface area is 109 Å². The predicted octanol–water partition coefficient (Wildman–Crippen LogP) is 2.85. The van der Waals surface area contributed by atoms with Gasteiger partial charge in [-0.05, 0) is 51.4 Å². The number of hydrogen-bond acceptors (Lipinski definition) is 2. The van der Waals surface area contributed by atoms with E-state index >= 15 is 0 Å². The molecule has 0 amide bonds. The largest absolute Gasteiger partial charge is 0.481 e. The molecule has 0 bridgehead atoms. The molecular formula is C15H23NO2. The van der Waals surface area contributed by atoms with Crippen LogP contribution in [-0.2, 0) is 11.3 Å². The van der Waals surface area contributed by atoms with E-state index in [2.05, 4.69) is 36.9 Å². The molecule has 1 aromatic rings. The molecule has 0 saturated carbocycles. The number of aryl methyl sites for hydroxylation is 2. The van der Waals surface area contributed by atoms with Crippen molar-refractivity contribution in [2.75, 3.05) is 13.6 Å². The summed E-state index contributed by atoms with van der Waals surface area (Å²) in [6.45, 7) is 9.02. The highest BCUT2D eigenvalue weighted by Gasteiger charge is 2.28. The van der Waals surface area contributed by atoms with Crippen LogP contribution in [0.3, 0.4) is 0 Å². The van der Waals surface area contributed by atoms with Crippen LogP contribution in [0.15, 0.2) is 18.2 Å². The number of nitrogens with zero attached hydrogens (tertiary/aromatic N) is 1. The molecule has 0 atom stereocenters. The molecule has 0 fully saturated rings. The molecule has 0 spiro atoms. The van der Waals surface area contributed by atoms with Gasteiger partial charge in [0.15, 0.2) is 0 Å². The second-order valence-electron chi connectivity index (χ2n) is 5.78. The molecule has 1 aromatic carbocycles. The van der Waals surface area contributed by atoms with Crippen molar-refractivity contribution in [1.29, 1.82) is 0 Å². The van der Waals surface area contributed by atoms with Crippen molar-refractivity contribution in [3.8, 4) is 0 Å². The summed E-state index contributed by atoms with van der Waals surface area (Å²) >= 11 is 0. The molecule has 0 radical (unpaired) electrons. The number of carbonyl (C=O) groups is 1. The predicted molar refractivity (Wildman–Crippen MR) is 73.7 cm³/mol. The third-order valence-corrected chi connectivity index (χ3v) is 3.27. The Kier molecular flexibility index (Phi) is 4.52. The average Bonchev–Trinajstić information content (AvgIpc) is 2.22. The molecule has 0 unspecified atom stereocenters. The average molecular weight is 249 g/mol. The minimum Gasteiger partial charge on any atom is -0.481 e. The van der Waals surface area contributed by atoms with Gasteiger partial charge in [-0.25, -0.2) is 0 Å². The van der Waals surface area contributed by atoms with E-state index in [4.69, 9.17) is 5.11 Å². The van der Waals surface area contributed by atoms with Gasteiger partial charge in [0.2, 0.25) is 0 Å². The Hall–Kier alpha value is -1.35. The van der Waals surface area contributed by atoms with E-state index in [0.717, 1.165) is 6.54 Å². The van der Waals surface area contributed by atoms with Crippen molar-refractivity contribution in [3.63, 3.8) is 0 Å². The molecule has 0 aliphatic carbocycles. The van der Waals surface area contributed by atoms with Gasteiger partial charge in [0.05, 0.1) is 5.41 Å². The van der Waals surface area contributed by atoms with Gasteiger partial charge in [0.25, 0.3) is 0 Å². The number of carboxylic acid groups (broad SMARTS) is 1. The molecule has 1 N–H and O–H groups in total. The molecule has 3 heteroatoms. The lowest BCUT2D eigenvalue weighted by Gasteiger charge is -2.26. The van der Waals surface area contributed by atoms with E-state index in [0.29, 0.717) is 6.54 Å². The first-order chi connectivity index (χ1) is 8.22. The monoisotopic (exact) mass is 249 g/mol. The molecule has 0 heterocycles. The maximum absolute atomic E-state index is 11.1. The van der Waals surface area contributed by atoms with Crippen LogP contribution in [0.1, 0.15) is 30.5 Å². The number of hydrogen-bond donors (Lipinski definition) is 1. The molecule has 100 valence electrons. The fourth-order valence-electron chi connectivity index (χ4n) is 2.01. The van der Waals surface area contributed by atoms with Gasteiger partial charge in [0.1, 0.15) is 0 Å². The second kappa shape index (κ2) is 5.53. The van der Waals surface area contributed by atoms with Gasteiger partial charge in [-0.15, -0.1) is 0 Å². The summed E-state index contributed by atoms with van der Waals surface area (Å²) < 4.78 is 0. The van der Waals surface area contributed by atoms with E-state index in [1.54, 1.807) is 13.8 Å². The lowest BCUT2D eigenvalue weighted by Crippen LogP contribution is -2.36. The van der Waals surface area contributed by atoms with Crippen molar-refractivity contribution in [2.45, 2.75) is 34.2 Å². The molecule has 3 nitrogen and oxygen atoms in total. The summed E-state index contributed by atoms with van der Waals surface area (Å²) in [6, 6.07) is 6.38. The number of rotatable bonds is 5.